The van der Waals surface area contributed by atoms with Crippen molar-refractivity contribution in [2.75, 3.05) is 33.9 Å². The summed E-state index contributed by atoms with van der Waals surface area (Å²) in [6.45, 7) is 1.78. The standard InChI is InChI=1S/C14H24N2O4/c1-15(7-4-8-20-2)14(19)16-9-10-5-3-6-11(10)12(16)13(17)18/h10-12H,3-9H2,1-2H3,(H,17,18). The van der Waals surface area contributed by atoms with Gasteiger partial charge in [0.2, 0.25) is 0 Å². The molecule has 1 heterocycles. The summed E-state index contributed by atoms with van der Waals surface area (Å²) < 4.78 is 4.97. The molecular formula is C14H24N2O4. The Morgan fingerprint density at radius 1 is 1.40 bits per heavy atom. The molecule has 2 aliphatic rings. The van der Waals surface area contributed by atoms with E-state index >= 15 is 0 Å². The maximum Gasteiger partial charge on any atom is 0.326 e. The number of fused-ring (bicyclic) bond motifs is 1. The van der Waals surface area contributed by atoms with Gasteiger partial charge in [-0.25, -0.2) is 9.59 Å². The van der Waals surface area contributed by atoms with Crippen LogP contribution in [0, 0.1) is 11.8 Å². The Kier molecular flexibility index (Phi) is 4.86. The van der Waals surface area contributed by atoms with Gasteiger partial charge in [0.05, 0.1) is 0 Å². The van der Waals surface area contributed by atoms with E-state index in [0.717, 1.165) is 25.7 Å². The highest BCUT2D eigenvalue weighted by Crippen LogP contribution is 2.42. The fourth-order valence-electron chi connectivity index (χ4n) is 3.58. The summed E-state index contributed by atoms with van der Waals surface area (Å²) in [5.41, 5.74) is 0. The molecule has 3 atom stereocenters. The molecule has 114 valence electrons. The molecule has 1 aliphatic carbocycles. The molecular weight excluding hydrogens is 260 g/mol. The Balaban J connectivity index is 1.99. The van der Waals surface area contributed by atoms with Crippen LogP contribution in [0.5, 0.6) is 0 Å². The first-order valence-corrected chi connectivity index (χ1v) is 7.29. The molecule has 0 aromatic rings. The number of amides is 2. The van der Waals surface area contributed by atoms with Crippen molar-refractivity contribution >= 4 is 12.0 Å². The normalized spacial score (nSPS) is 28.5. The van der Waals surface area contributed by atoms with Crippen LogP contribution >= 0.6 is 0 Å². The second-order valence-electron chi connectivity index (χ2n) is 5.84. The van der Waals surface area contributed by atoms with Crippen LogP contribution in [0.4, 0.5) is 4.79 Å². The number of methoxy groups -OCH3 is 1. The van der Waals surface area contributed by atoms with Crippen molar-refractivity contribution in [3.8, 4) is 0 Å². The number of urea groups is 1. The van der Waals surface area contributed by atoms with Gasteiger partial charge in [0.15, 0.2) is 0 Å². The minimum Gasteiger partial charge on any atom is -0.480 e. The summed E-state index contributed by atoms with van der Waals surface area (Å²) >= 11 is 0. The predicted octanol–water partition coefficient (Wildman–Crippen LogP) is 1.26. The van der Waals surface area contributed by atoms with Gasteiger partial charge in [0.1, 0.15) is 6.04 Å². The van der Waals surface area contributed by atoms with Crippen molar-refractivity contribution in [1.29, 1.82) is 0 Å². The molecule has 0 spiro atoms. The van der Waals surface area contributed by atoms with E-state index < -0.39 is 12.0 Å². The van der Waals surface area contributed by atoms with Crippen LogP contribution in [0.15, 0.2) is 0 Å². The topological polar surface area (TPSA) is 70.1 Å². The molecule has 0 bridgehead atoms. The lowest BCUT2D eigenvalue weighted by molar-refractivity contribution is -0.142. The van der Waals surface area contributed by atoms with Crippen LogP contribution in [0.2, 0.25) is 0 Å². The van der Waals surface area contributed by atoms with E-state index in [0.29, 0.717) is 25.6 Å². The molecule has 1 saturated carbocycles. The highest BCUT2D eigenvalue weighted by atomic mass is 16.5. The molecule has 2 fully saturated rings. The lowest BCUT2D eigenvalue weighted by Gasteiger charge is -2.29. The van der Waals surface area contributed by atoms with E-state index in [-0.39, 0.29) is 11.9 Å². The van der Waals surface area contributed by atoms with Crippen molar-refractivity contribution < 1.29 is 19.4 Å². The summed E-state index contributed by atoms with van der Waals surface area (Å²) in [6.07, 6.45) is 3.83. The summed E-state index contributed by atoms with van der Waals surface area (Å²) in [5.74, 6) is -0.353. The van der Waals surface area contributed by atoms with Gasteiger partial charge in [-0.1, -0.05) is 6.42 Å². The van der Waals surface area contributed by atoms with Gasteiger partial charge >= 0.3 is 12.0 Å². The average Bonchev–Trinajstić information content (AvgIpc) is 2.97. The zero-order valence-corrected chi connectivity index (χ0v) is 12.2. The highest BCUT2D eigenvalue weighted by Gasteiger charge is 2.50. The minimum absolute atomic E-state index is 0.142. The second kappa shape index (κ2) is 6.43. The summed E-state index contributed by atoms with van der Waals surface area (Å²) in [5, 5.41) is 9.44. The molecule has 3 unspecified atom stereocenters. The highest BCUT2D eigenvalue weighted by molar-refractivity contribution is 5.83. The number of carbonyl (C=O) groups excluding carboxylic acids is 1. The molecule has 2 amide bonds. The first-order valence-electron chi connectivity index (χ1n) is 7.29. The lowest BCUT2D eigenvalue weighted by atomic mass is 9.94. The molecule has 0 aromatic heterocycles. The molecule has 6 nitrogen and oxygen atoms in total. The zero-order valence-electron chi connectivity index (χ0n) is 12.2. The van der Waals surface area contributed by atoms with Crippen molar-refractivity contribution in [3.63, 3.8) is 0 Å². The van der Waals surface area contributed by atoms with Gasteiger partial charge in [-0.05, 0) is 31.1 Å². The molecule has 20 heavy (non-hydrogen) atoms. The van der Waals surface area contributed by atoms with Crippen LogP contribution in [-0.4, -0.2) is 66.8 Å². The lowest BCUT2D eigenvalue weighted by Crippen LogP contribution is -2.48. The summed E-state index contributed by atoms with van der Waals surface area (Å²) in [4.78, 5) is 27.1. The number of carboxylic acids is 1. The fraction of sp³-hybridized carbons (Fsp3) is 0.857. The largest absolute Gasteiger partial charge is 0.480 e. The first-order chi connectivity index (χ1) is 9.56. The van der Waals surface area contributed by atoms with Crippen LogP contribution < -0.4 is 0 Å². The summed E-state index contributed by atoms with van der Waals surface area (Å²) in [6, 6.07) is -0.803. The van der Waals surface area contributed by atoms with Crippen molar-refractivity contribution in [3.05, 3.63) is 0 Å². The van der Waals surface area contributed by atoms with E-state index in [9.17, 15) is 14.7 Å². The Hall–Kier alpha value is -1.30. The number of rotatable bonds is 5. The molecule has 1 saturated heterocycles. The van der Waals surface area contributed by atoms with Crippen LogP contribution in [0.3, 0.4) is 0 Å². The molecule has 2 rings (SSSR count). The predicted molar refractivity (Wildman–Crippen MR) is 73.5 cm³/mol. The monoisotopic (exact) mass is 284 g/mol. The maximum atomic E-state index is 12.4. The van der Waals surface area contributed by atoms with E-state index in [1.54, 1.807) is 24.0 Å². The van der Waals surface area contributed by atoms with Gasteiger partial charge < -0.3 is 19.6 Å². The van der Waals surface area contributed by atoms with E-state index in [1.807, 2.05) is 0 Å². The summed E-state index contributed by atoms with van der Waals surface area (Å²) in [7, 11) is 3.36. The number of hydrogen-bond acceptors (Lipinski definition) is 3. The third-order valence-corrected chi connectivity index (χ3v) is 4.56. The van der Waals surface area contributed by atoms with Crippen LogP contribution in [0.25, 0.3) is 0 Å². The maximum absolute atomic E-state index is 12.4. The molecule has 0 radical (unpaired) electrons. The van der Waals surface area contributed by atoms with Crippen LogP contribution in [-0.2, 0) is 9.53 Å². The van der Waals surface area contributed by atoms with Crippen LogP contribution in [0.1, 0.15) is 25.7 Å². The van der Waals surface area contributed by atoms with Crippen molar-refractivity contribution in [1.82, 2.24) is 9.80 Å². The van der Waals surface area contributed by atoms with Gasteiger partial charge in [-0.2, -0.15) is 0 Å². The number of nitrogens with zero attached hydrogens (tertiary/aromatic N) is 2. The number of aliphatic carboxylic acids is 1. The van der Waals surface area contributed by atoms with Gasteiger partial charge in [-0.3, -0.25) is 0 Å². The number of hydrogen-bond donors (Lipinski definition) is 1. The zero-order chi connectivity index (χ0) is 14.7. The van der Waals surface area contributed by atoms with E-state index in [1.165, 1.54) is 0 Å². The van der Waals surface area contributed by atoms with Gasteiger partial charge in [0, 0.05) is 33.9 Å². The SMILES string of the molecule is COCCCN(C)C(=O)N1CC2CCCC2C1C(=O)O. The Morgan fingerprint density at radius 3 is 2.80 bits per heavy atom. The number of carbonyl (C=O) groups is 2. The van der Waals surface area contributed by atoms with Crippen molar-refractivity contribution in [2.24, 2.45) is 11.8 Å². The number of carboxylic acid groups (broad SMARTS) is 1. The fourth-order valence-corrected chi connectivity index (χ4v) is 3.58. The molecule has 0 aromatic carbocycles. The third-order valence-electron chi connectivity index (χ3n) is 4.56. The third kappa shape index (κ3) is 2.90. The first kappa shape index (κ1) is 15.1. The minimum atomic E-state index is -0.863. The Bertz CT molecular complexity index is 374. The van der Waals surface area contributed by atoms with Gasteiger partial charge in [-0.15, -0.1) is 0 Å². The smallest absolute Gasteiger partial charge is 0.326 e. The van der Waals surface area contributed by atoms with Gasteiger partial charge in [0.25, 0.3) is 0 Å². The molecule has 6 heteroatoms. The van der Waals surface area contributed by atoms with E-state index in [4.69, 9.17) is 4.74 Å². The number of ether oxygens (including phenoxy) is 1. The second-order valence-corrected chi connectivity index (χ2v) is 5.84. The van der Waals surface area contributed by atoms with Crippen molar-refractivity contribution in [2.45, 2.75) is 31.7 Å². The van der Waals surface area contributed by atoms with E-state index in [2.05, 4.69) is 0 Å². The number of likely N-dealkylation sites (tertiary alicyclic amines) is 1. The molecule has 1 aliphatic heterocycles. The quantitative estimate of drug-likeness (QED) is 0.772. The Labute approximate surface area is 119 Å². The molecule has 1 N–H and O–H groups in total. The average molecular weight is 284 g/mol. The Morgan fingerprint density at radius 2 is 2.15 bits per heavy atom.